The van der Waals surface area contributed by atoms with E-state index in [2.05, 4.69) is 381 Å². The van der Waals surface area contributed by atoms with Crippen molar-refractivity contribution >= 4 is 91.8 Å². The number of hydrogen-bond donors (Lipinski definition) is 0. The Morgan fingerprint density at radius 3 is 1.01 bits per heavy atom. The molecule has 0 radical (unpaired) electrons. The number of nitrogens with zero attached hydrogens (tertiary/aromatic N) is 4. The third kappa shape index (κ3) is 14.0. The monoisotopic (exact) mass is 1430 g/mol. The maximum absolute atomic E-state index is 6.21. The van der Waals surface area contributed by atoms with Crippen LogP contribution < -0.4 is 29.1 Å². The van der Waals surface area contributed by atoms with Crippen molar-refractivity contribution in [3.05, 3.63) is 411 Å². The fourth-order valence-electron chi connectivity index (χ4n) is 14.4. The topological polar surface area (TPSA) is 31.4 Å². The molecule has 0 amide bonds. The maximum Gasteiger partial charge on any atom is 0.154 e. The van der Waals surface area contributed by atoms with Crippen LogP contribution in [0.3, 0.4) is 0 Å². The molecule has 8 heteroatoms. The molecule has 0 N–H and O–H groups in total. The number of rotatable bonds is 8. The summed E-state index contributed by atoms with van der Waals surface area (Å²) in [6.07, 6.45) is 0. The SMILES string of the molecule is Cc1ccc2c(c1)N(c1ccc(-c3ccccc3)cc1)c1ccccc1O2.Cc1ccc2c(c1)Sc1ccccc1N2c1ccc(-c2ccccc2)cc1.Cc1cccc2c1Oc1ccccc1N2c1ccc(-c2ccccc2)cc1.Cc1cccc2c1Sc1ccccc1N2c1ccc(-c2ccccc2)cc1. The summed E-state index contributed by atoms with van der Waals surface area (Å²) in [7, 11) is 0. The van der Waals surface area contributed by atoms with Crippen molar-refractivity contribution in [2.24, 2.45) is 0 Å². The lowest BCUT2D eigenvalue weighted by Crippen LogP contribution is -2.16. The first kappa shape index (κ1) is 68.1. The smallest absolute Gasteiger partial charge is 0.154 e. The molecule has 16 aromatic rings. The minimum atomic E-state index is 0.876. The number of para-hydroxylation sites is 7. The molecule has 16 aromatic carbocycles. The van der Waals surface area contributed by atoms with Gasteiger partial charge in [-0.2, -0.15) is 0 Å². The molecule has 20 rings (SSSR count). The third-order valence-electron chi connectivity index (χ3n) is 19.8. The van der Waals surface area contributed by atoms with Gasteiger partial charge in [0.15, 0.2) is 23.0 Å². The molecule has 0 aromatic heterocycles. The number of ether oxygens (including phenoxy) is 2. The number of fused-ring (bicyclic) bond motifs is 8. The first-order valence-electron chi connectivity index (χ1n) is 36.5. The quantitative estimate of drug-likeness (QED) is 0.149. The van der Waals surface area contributed by atoms with Crippen molar-refractivity contribution in [2.45, 2.75) is 47.3 Å². The van der Waals surface area contributed by atoms with Gasteiger partial charge in [-0.05, 0) is 228 Å². The number of benzene rings is 16. The average Bonchev–Trinajstić information content (AvgIpc) is 0.780. The third-order valence-corrected chi connectivity index (χ3v) is 22.2. The van der Waals surface area contributed by atoms with Crippen LogP contribution in [-0.2, 0) is 0 Å². The molecule has 0 aliphatic carbocycles. The molecule has 520 valence electrons. The van der Waals surface area contributed by atoms with Gasteiger partial charge in [0.1, 0.15) is 0 Å². The van der Waals surface area contributed by atoms with Crippen LogP contribution in [0.2, 0.25) is 0 Å². The van der Waals surface area contributed by atoms with E-state index in [1.807, 2.05) is 78.1 Å². The van der Waals surface area contributed by atoms with Crippen LogP contribution >= 0.6 is 23.5 Å². The van der Waals surface area contributed by atoms with Crippen LogP contribution in [0, 0.1) is 27.7 Å². The summed E-state index contributed by atoms with van der Waals surface area (Å²) in [6.45, 7) is 8.54. The minimum Gasteiger partial charge on any atom is -0.453 e. The van der Waals surface area contributed by atoms with Gasteiger partial charge in [-0.1, -0.05) is 278 Å². The minimum absolute atomic E-state index is 0.876. The molecule has 4 heterocycles. The Bertz CT molecular complexity index is 5550. The van der Waals surface area contributed by atoms with Crippen molar-refractivity contribution in [1.29, 1.82) is 0 Å². The Morgan fingerprint density at radius 1 is 0.204 bits per heavy atom. The predicted molar refractivity (Wildman–Crippen MR) is 454 cm³/mol. The Morgan fingerprint density at radius 2 is 0.528 bits per heavy atom. The lowest BCUT2D eigenvalue weighted by Gasteiger charge is -2.33. The zero-order valence-electron chi connectivity index (χ0n) is 60.4. The highest BCUT2D eigenvalue weighted by Crippen LogP contribution is 2.56. The first-order valence-corrected chi connectivity index (χ1v) is 38.2. The highest BCUT2D eigenvalue weighted by atomic mass is 32.2. The van der Waals surface area contributed by atoms with Crippen LogP contribution in [0.4, 0.5) is 68.2 Å². The van der Waals surface area contributed by atoms with Crippen molar-refractivity contribution in [3.63, 3.8) is 0 Å². The molecule has 0 spiro atoms. The van der Waals surface area contributed by atoms with Gasteiger partial charge in [0, 0.05) is 42.3 Å². The van der Waals surface area contributed by atoms with Crippen LogP contribution in [-0.4, -0.2) is 0 Å². The zero-order chi connectivity index (χ0) is 72.9. The van der Waals surface area contributed by atoms with Crippen molar-refractivity contribution < 1.29 is 9.47 Å². The van der Waals surface area contributed by atoms with Gasteiger partial charge in [0.05, 0.1) is 45.5 Å². The van der Waals surface area contributed by atoms with Crippen molar-refractivity contribution in [2.75, 3.05) is 19.6 Å². The van der Waals surface area contributed by atoms with Crippen molar-refractivity contribution in [1.82, 2.24) is 0 Å². The van der Waals surface area contributed by atoms with E-state index < -0.39 is 0 Å². The highest BCUT2D eigenvalue weighted by molar-refractivity contribution is 8.00. The lowest BCUT2D eigenvalue weighted by molar-refractivity contribution is 0.473. The molecule has 0 saturated carbocycles. The van der Waals surface area contributed by atoms with E-state index in [9.17, 15) is 0 Å². The molecule has 0 unspecified atom stereocenters. The second-order valence-electron chi connectivity index (χ2n) is 27.1. The molecule has 6 nitrogen and oxygen atoms in total. The number of hydrogen-bond acceptors (Lipinski definition) is 8. The molecular weight excluding hydrogens is 1350 g/mol. The van der Waals surface area contributed by atoms with E-state index >= 15 is 0 Å². The lowest BCUT2D eigenvalue weighted by atomic mass is 10.0. The molecular formula is C100H76N4O2S2. The molecule has 4 aliphatic rings. The Kier molecular flexibility index (Phi) is 19.3. The molecule has 0 saturated heterocycles. The number of anilines is 12. The Hall–Kier alpha value is -13.0. The average molecular weight is 1430 g/mol. The van der Waals surface area contributed by atoms with Crippen LogP contribution in [0.1, 0.15) is 22.3 Å². The van der Waals surface area contributed by atoms with Crippen LogP contribution in [0.5, 0.6) is 23.0 Å². The highest BCUT2D eigenvalue weighted by Gasteiger charge is 2.30. The van der Waals surface area contributed by atoms with Crippen LogP contribution in [0.15, 0.2) is 408 Å². The summed E-state index contributed by atoms with van der Waals surface area (Å²) in [5.41, 5.74) is 28.7. The summed E-state index contributed by atoms with van der Waals surface area (Å²) in [5.74, 6) is 3.56. The van der Waals surface area contributed by atoms with Gasteiger partial charge >= 0.3 is 0 Å². The summed E-state index contributed by atoms with van der Waals surface area (Å²) < 4.78 is 12.3. The van der Waals surface area contributed by atoms with Crippen LogP contribution in [0.25, 0.3) is 44.5 Å². The van der Waals surface area contributed by atoms with E-state index in [0.29, 0.717) is 0 Å². The Labute approximate surface area is 641 Å². The maximum atomic E-state index is 6.21. The van der Waals surface area contributed by atoms with Gasteiger partial charge in [0.25, 0.3) is 0 Å². The van der Waals surface area contributed by atoms with Crippen molar-refractivity contribution in [3.8, 4) is 67.5 Å². The van der Waals surface area contributed by atoms with E-state index in [1.165, 1.54) is 115 Å². The van der Waals surface area contributed by atoms with Gasteiger partial charge in [0.2, 0.25) is 0 Å². The summed E-state index contributed by atoms with van der Waals surface area (Å²) in [5, 5.41) is 0. The summed E-state index contributed by atoms with van der Waals surface area (Å²) in [6, 6.07) is 137. The standard InChI is InChI=1S/2C25H19NO.2C25H19NS/c1-18-8-7-12-23-25(18)27-24-13-6-5-11-22(24)26(23)21-16-14-20(15-17-21)19-9-3-2-4-10-19;1-18-11-16-25-23(17-18)26(22-9-5-6-10-24(22)27-25)21-14-12-20(13-15-21)19-7-3-2-4-8-19;1-18-8-7-12-23-25(18)27-24-13-6-5-11-22(24)26(23)21-16-14-20(15-17-21)19-9-3-2-4-10-19;1-18-11-16-23-25(17-18)27-24-10-6-5-9-22(24)26(23)21-14-12-20(13-15-21)19-7-3-2-4-8-19/h4*2-17H,1H3. The second-order valence-corrected chi connectivity index (χ2v) is 29.2. The van der Waals surface area contributed by atoms with Gasteiger partial charge in [-0.25, -0.2) is 0 Å². The van der Waals surface area contributed by atoms with E-state index in [-0.39, 0.29) is 0 Å². The summed E-state index contributed by atoms with van der Waals surface area (Å²) in [4.78, 5) is 14.5. The summed E-state index contributed by atoms with van der Waals surface area (Å²) >= 11 is 3.72. The van der Waals surface area contributed by atoms with E-state index in [1.54, 1.807) is 0 Å². The van der Waals surface area contributed by atoms with Gasteiger partial charge in [-0.15, -0.1) is 0 Å². The Balaban J connectivity index is 0.000000105. The predicted octanol–water partition coefficient (Wildman–Crippen LogP) is 29.7. The zero-order valence-corrected chi connectivity index (χ0v) is 62.0. The second kappa shape index (κ2) is 30.6. The fourth-order valence-corrected chi connectivity index (χ4v) is 16.7. The fraction of sp³-hybridized carbons (Fsp3) is 0.0400. The normalized spacial score (nSPS) is 12.3. The number of aryl methyl sites for hydroxylation is 4. The molecule has 0 bridgehead atoms. The molecule has 0 fully saturated rings. The van der Waals surface area contributed by atoms with E-state index in [0.717, 1.165) is 62.7 Å². The van der Waals surface area contributed by atoms with E-state index in [4.69, 9.17) is 9.47 Å². The molecule has 0 atom stereocenters. The molecule has 4 aliphatic heterocycles. The molecule has 108 heavy (non-hydrogen) atoms. The first-order chi connectivity index (χ1) is 53.2. The van der Waals surface area contributed by atoms with Gasteiger partial charge in [-0.3, -0.25) is 0 Å². The van der Waals surface area contributed by atoms with Gasteiger partial charge < -0.3 is 29.1 Å². The largest absolute Gasteiger partial charge is 0.453 e.